The van der Waals surface area contributed by atoms with Crippen molar-refractivity contribution >= 4 is 89.3 Å². The van der Waals surface area contributed by atoms with Gasteiger partial charge in [0.25, 0.3) is 20.2 Å². The molecule has 0 saturated carbocycles. The number of hydrogen-bond donors (Lipinski definition) is 7. The zero-order chi connectivity index (χ0) is 84.5. The highest BCUT2D eigenvalue weighted by Crippen LogP contribution is 2.53. The first-order valence-electron chi connectivity index (χ1n) is 40.8. The highest BCUT2D eigenvalue weighted by atomic mass is 35.5. The third-order valence-electron chi connectivity index (χ3n) is 23.2. The van der Waals surface area contributed by atoms with Crippen molar-refractivity contribution in [1.29, 1.82) is 0 Å². The summed E-state index contributed by atoms with van der Waals surface area (Å²) in [6, 6.07) is 44.5. The molecule has 2 aliphatic carbocycles. The lowest BCUT2D eigenvalue weighted by molar-refractivity contribution is -0.438. The minimum atomic E-state index is -4.40. The first kappa shape index (κ1) is 92.7. The van der Waals surface area contributed by atoms with Crippen molar-refractivity contribution in [3.8, 4) is 11.5 Å². The number of nitrogens with one attached hydrogen (secondary N) is 1. The van der Waals surface area contributed by atoms with Gasteiger partial charge in [-0.3, -0.25) is 18.7 Å². The normalized spacial score (nSPS) is 20.3. The van der Waals surface area contributed by atoms with E-state index in [0.29, 0.717) is 50.2 Å². The molecule has 6 aliphatic rings. The topological polar surface area (TPSA) is 322 Å². The molecule has 0 saturated heterocycles. The van der Waals surface area contributed by atoms with E-state index in [1.165, 1.54) is 98.4 Å². The molecule has 21 nitrogen and oxygen atoms in total. The van der Waals surface area contributed by atoms with Gasteiger partial charge in [-0.05, 0) is 231 Å². The van der Waals surface area contributed by atoms with Crippen molar-refractivity contribution in [2.75, 3.05) is 42.5 Å². The molecule has 12 rings (SSSR count). The zero-order valence-electron chi connectivity index (χ0n) is 69.4. The van der Waals surface area contributed by atoms with E-state index in [1.54, 1.807) is 0 Å². The number of ether oxygens (including phenoxy) is 1. The Morgan fingerprint density at radius 1 is 0.542 bits per heavy atom. The number of fused-ring (bicyclic) bond motifs is 4. The number of rotatable bonds is 33. The fourth-order valence-electron chi connectivity index (χ4n) is 17.0. The molecule has 0 spiro atoms. The third kappa shape index (κ3) is 22.1. The van der Waals surface area contributed by atoms with Crippen LogP contribution in [0.3, 0.4) is 0 Å². The lowest BCUT2D eigenvalue weighted by Gasteiger charge is -2.31. The lowest BCUT2D eigenvalue weighted by atomic mass is 9.77. The SMILES string of the molecule is CCCCN1/C(=C/C=C2\CCCC(/C=C/C3=[N+](CCCC)c4ccccc4C3(C)C)=C2Cl)C(C)(CCCC(=O)O)c2ccccc21.CCCC[N+]1=C(/C=C/C2=C(Oc3ccc(S(=O)(=O)O)cc3)C(=C/C=C3/N(CCCNOS(=O)[O-])c4ccccc4C3(C)CCCC(=O)O)/CCC2)C(C)(C)c2ccccc21.N.O=S(=O)(O)c1ccc(O)cc1. The van der Waals surface area contributed by atoms with Crippen molar-refractivity contribution in [2.24, 2.45) is 0 Å². The van der Waals surface area contributed by atoms with Crippen LogP contribution in [0.5, 0.6) is 11.5 Å². The number of benzene rings is 6. The molecule has 3 atom stereocenters. The largest absolute Gasteiger partial charge is 0.748 e. The van der Waals surface area contributed by atoms with Gasteiger partial charge in [-0.15, -0.1) is 0 Å². The number of hydroxylamine groups is 1. The molecule has 118 heavy (non-hydrogen) atoms. The molecule has 4 heterocycles. The number of aromatic hydroxyl groups is 1. The molecular formula is C93H116ClN6O15S3+. The minimum Gasteiger partial charge on any atom is -0.748 e. The second-order valence-electron chi connectivity index (χ2n) is 32.0. The van der Waals surface area contributed by atoms with Crippen LogP contribution in [0.1, 0.15) is 207 Å². The number of phenols is 1. The average Bonchev–Trinajstić information content (AvgIpc) is 1.60. The summed E-state index contributed by atoms with van der Waals surface area (Å²) in [5, 5.41) is 28.6. The maximum atomic E-state index is 11.9. The van der Waals surface area contributed by atoms with E-state index in [0.717, 1.165) is 142 Å². The Balaban J connectivity index is 0.000000242. The fraction of sp³-hybridized carbons (Fsp3) is 0.398. The first-order chi connectivity index (χ1) is 55.8. The van der Waals surface area contributed by atoms with Crippen molar-refractivity contribution in [1.82, 2.24) is 11.6 Å². The summed E-state index contributed by atoms with van der Waals surface area (Å²) in [5.41, 5.74) is 20.2. The van der Waals surface area contributed by atoms with E-state index in [2.05, 4.69) is 218 Å². The molecule has 4 aliphatic heterocycles. The van der Waals surface area contributed by atoms with Gasteiger partial charge in [0, 0.05) is 119 Å². The molecule has 6 aromatic rings. The summed E-state index contributed by atoms with van der Waals surface area (Å²) in [5.74, 6) is -0.563. The zero-order valence-corrected chi connectivity index (χ0v) is 72.6. The van der Waals surface area contributed by atoms with Crippen LogP contribution in [0.25, 0.3) is 0 Å². The number of aliphatic carboxylic acids is 2. The van der Waals surface area contributed by atoms with Crippen molar-refractivity contribution < 1.29 is 77.8 Å². The van der Waals surface area contributed by atoms with Crippen LogP contribution in [0.2, 0.25) is 0 Å². The van der Waals surface area contributed by atoms with Crippen LogP contribution in [-0.2, 0) is 67.1 Å². The van der Waals surface area contributed by atoms with Crippen LogP contribution in [0.15, 0.2) is 248 Å². The van der Waals surface area contributed by atoms with Crippen molar-refractivity contribution in [3.05, 3.63) is 261 Å². The third-order valence-corrected chi connectivity index (χ3v) is 25.7. The Morgan fingerprint density at radius 2 is 0.958 bits per heavy atom. The van der Waals surface area contributed by atoms with Crippen LogP contribution in [0.4, 0.5) is 22.7 Å². The number of carbonyl (C=O) groups is 2. The predicted octanol–water partition coefficient (Wildman–Crippen LogP) is 20.3. The van der Waals surface area contributed by atoms with Crippen molar-refractivity contribution in [3.63, 3.8) is 0 Å². The quantitative estimate of drug-likeness (QED) is 0.00662. The maximum absolute atomic E-state index is 11.9. The van der Waals surface area contributed by atoms with Gasteiger partial charge in [0.05, 0.1) is 20.6 Å². The van der Waals surface area contributed by atoms with Gasteiger partial charge in [0.2, 0.25) is 11.4 Å². The summed E-state index contributed by atoms with van der Waals surface area (Å²) >= 11 is 4.54. The second-order valence-corrected chi connectivity index (χ2v) is 35.8. The Kier molecular flexibility index (Phi) is 32.4. The Hall–Kier alpha value is -9.18. The number of hydrogen-bond acceptors (Lipinski definition) is 15. The van der Waals surface area contributed by atoms with E-state index < -0.39 is 49.0 Å². The van der Waals surface area contributed by atoms with Gasteiger partial charge in [-0.1, -0.05) is 143 Å². The molecule has 9 N–H and O–H groups in total. The number of para-hydroxylation sites is 4. The van der Waals surface area contributed by atoms with E-state index in [-0.39, 0.29) is 57.3 Å². The molecule has 0 bridgehead atoms. The number of halogens is 1. The number of anilines is 2. The summed E-state index contributed by atoms with van der Waals surface area (Å²) in [6.07, 6.45) is 32.8. The van der Waals surface area contributed by atoms with E-state index in [4.69, 9.17) is 26.0 Å². The lowest BCUT2D eigenvalue weighted by Crippen LogP contribution is -2.31. The van der Waals surface area contributed by atoms with E-state index in [9.17, 15) is 50.0 Å². The van der Waals surface area contributed by atoms with Gasteiger partial charge in [-0.2, -0.15) is 31.5 Å². The molecule has 6 aromatic carbocycles. The van der Waals surface area contributed by atoms with E-state index >= 15 is 0 Å². The van der Waals surface area contributed by atoms with E-state index in [1.807, 2.05) is 18.2 Å². The number of carboxylic acids is 2. The van der Waals surface area contributed by atoms with Crippen LogP contribution < -0.4 is 26.2 Å². The monoisotopic (exact) mass is 1690 g/mol. The highest BCUT2D eigenvalue weighted by molar-refractivity contribution is 7.86. The molecule has 25 heteroatoms. The molecule has 3 unspecified atom stereocenters. The fourth-order valence-corrected chi connectivity index (χ4v) is 18.5. The molecule has 632 valence electrons. The van der Waals surface area contributed by atoms with Gasteiger partial charge in [0.1, 0.15) is 41.7 Å². The van der Waals surface area contributed by atoms with Gasteiger partial charge in [-0.25, -0.2) is 8.49 Å². The van der Waals surface area contributed by atoms with Gasteiger partial charge in [0.15, 0.2) is 11.4 Å². The van der Waals surface area contributed by atoms with Crippen LogP contribution in [-0.4, -0.2) is 115 Å². The standard InChI is InChI=1S/C46H55N3O9S2.C41H51ClN2O2.C6H6O4S.H3N/c1-5-6-31-48-39-18-9-7-16-37(39)45(2,3)41(48)27-21-33-14-11-15-34(44(33)57-35-23-25-36(26-24-35)60(54,55)56)22-28-42-46(4,29-12-20-43(50)51)38-17-8-10-19-40(38)49(42)32-13-30-47-58-59(52)53;1-6-8-28-43-34-20-12-10-18-32(34)40(3,4)36(43)25-23-30-16-14-17-31(39(30)42)24-26-37-41(5,27-15-22-38(45)46)33-19-11-13-21-35(33)44(37)29-9-7-2;7-5-1-3-6(4-2-5)11(8,9)10;/h7-10,16-19,21-28,47H,5-6,11-15,20,29-32H2,1-4H3,(H2-,50,51,52,53,54,55,56);10-13,18-21,23-26H,6-9,14-17,22,27-29H2,1-5H3;1-4,7H,(H,8,9,10);1H3/p+1. The molecule has 0 amide bonds. The number of unbranched alkanes of at least 4 members (excludes halogenated alkanes) is 3. The smallest absolute Gasteiger partial charge is 0.303 e. The van der Waals surface area contributed by atoms with Crippen LogP contribution in [0, 0.1) is 0 Å². The summed E-state index contributed by atoms with van der Waals surface area (Å²) < 4.78 is 101. The summed E-state index contributed by atoms with van der Waals surface area (Å²) in [6.45, 7) is 24.0. The molecule has 0 radical (unpaired) electrons. The van der Waals surface area contributed by atoms with Gasteiger partial charge >= 0.3 is 11.9 Å². The summed E-state index contributed by atoms with van der Waals surface area (Å²) in [7, 11) is -8.53. The minimum absolute atomic E-state index is 0. The first-order valence-corrected chi connectivity index (χ1v) is 45.0. The number of allylic oxidation sites excluding steroid dienone is 15. The predicted molar refractivity (Wildman–Crippen MR) is 469 cm³/mol. The second kappa shape index (κ2) is 41.2. The van der Waals surface area contributed by atoms with Crippen molar-refractivity contribution in [2.45, 2.75) is 216 Å². The number of carboxylic acid groups (broad SMARTS) is 2. The number of nitrogens with zero attached hydrogens (tertiary/aromatic N) is 4. The highest BCUT2D eigenvalue weighted by Gasteiger charge is 2.47. The molecule has 0 aromatic heterocycles. The van der Waals surface area contributed by atoms with Gasteiger partial charge < -0.3 is 40.6 Å². The molecule has 0 fully saturated rings. The number of phenolic OH excluding ortho intramolecular Hbond substituents is 1. The molecular weight excluding hydrogens is 1570 g/mol. The summed E-state index contributed by atoms with van der Waals surface area (Å²) in [4.78, 5) is 27.3. The average molecular weight is 1690 g/mol. The van der Waals surface area contributed by atoms with Crippen LogP contribution >= 0.6 is 11.6 Å². The Bertz CT molecular complexity index is 5210. The Labute approximate surface area is 704 Å². The Morgan fingerprint density at radius 3 is 1.42 bits per heavy atom. The maximum Gasteiger partial charge on any atom is 0.303 e.